The van der Waals surface area contributed by atoms with Crippen molar-refractivity contribution in [1.29, 1.82) is 0 Å². The first-order valence-electron chi connectivity index (χ1n) is 8.16. The third kappa shape index (κ3) is 5.27. The summed E-state index contributed by atoms with van der Waals surface area (Å²) in [5, 5.41) is 2.37. The molecule has 0 atom stereocenters. The molecule has 0 saturated heterocycles. The van der Waals surface area contributed by atoms with Gasteiger partial charge in [0.1, 0.15) is 17.4 Å². The first kappa shape index (κ1) is 19.4. The predicted molar refractivity (Wildman–Crippen MR) is 95.2 cm³/mol. The number of hydrogen-bond acceptors (Lipinski definition) is 3. The molecule has 0 fully saturated rings. The van der Waals surface area contributed by atoms with Crippen molar-refractivity contribution in [2.45, 2.75) is 20.3 Å². The summed E-state index contributed by atoms with van der Waals surface area (Å²) in [4.78, 5) is 25.3. The van der Waals surface area contributed by atoms with Crippen LogP contribution in [0.1, 0.15) is 20.3 Å². The normalized spacial score (nSPS) is 10.3. The molecule has 2 rings (SSSR count). The lowest BCUT2D eigenvalue weighted by Crippen LogP contribution is -2.32. The zero-order valence-electron chi connectivity index (χ0n) is 14.6. The number of hydrogen-bond donors (Lipinski definition) is 1. The Hall–Kier alpha value is -2.96. The van der Waals surface area contributed by atoms with Crippen molar-refractivity contribution in [1.82, 2.24) is 0 Å². The molecule has 2 amide bonds. The van der Waals surface area contributed by atoms with Gasteiger partial charge in [-0.2, -0.15) is 0 Å². The molecule has 0 heterocycles. The van der Waals surface area contributed by atoms with E-state index in [1.165, 1.54) is 11.8 Å². The fourth-order valence-corrected chi connectivity index (χ4v) is 2.37. The van der Waals surface area contributed by atoms with Crippen LogP contribution >= 0.6 is 0 Å². The van der Waals surface area contributed by atoms with Crippen molar-refractivity contribution in [3.8, 4) is 5.75 Å². The van der Waals surface area contributed by atoms with Crippen LogP contribution in [-0.2, 0) is 9.59 Å². The quantitative estimate of drug-likeness (QED) is 0.816. The molecule has 138 valence electrons. The van der Waals surface area contributed by atoms with E-state index in [9.17, 15) is 18.4 Å². The molecule has 0 spiro atoms. The lowest BCUT2D eigenvalue weighted by Gasteiger charge is -2.21. The summed E-state index contributed by atoms with van der Waals surface area (Å²) in [7, 11) is 0. The van der Waals surface area contributed by atoms with Gasteiger partial charge < -0.3 is 15.0 Å². The molecule has 0 aliphatic rings. The fraction of sp³-hybridized carbons (Fsp3) is 0.263. The molecule has 0 unspecified atom stereocenters. The Morgan fingerprint density at radius 3 is 2.38 bits per heavy atom. The maximum atomic E-state index is 13.6. The highest BCUT2D eigenvalue weighted by Gasteiger charge is 2.15. The van der Waals surface area contributed by atoms with Crippen LogP contribution in [0.5, 0.6) is 5.75 Å². The summed E-state index contributed by atoms with van der Waals surface area (Å²) < 4.78 is 31.8. The van der Waals surface area contributed by atoms with Crippen molar-refractivity contribution < 1.29 is 23.1 Å². The van der Waals surface area contributed by atoms with Gasteiger partial charge in [-0.15, -0.1) is 0 Å². The number of nitrogens with zero attached hydrogens (tertiary/aromatic N) is 1. The van der Waals surface area contributed by atoms with E-state index in [2.05, 4.69) is 5.32 Å². The van der Waals surface area contributed by atoms with Gasteiger partial charge in [0.15, 0.2) is 0 Å². The molecular weight excluding hydrogens is 342 g/mol. The number of anilines is 2. The van der Waals surface area contributed by atoms with E-state index < -0.39 is 17.5 Å². The van der Waals surface area contributed by atoms with Crippen molar-refractivity contribution in [2.75, 3.05) is 23.4 Å². The van der Waals surface area contributed by atoms with Gasteiger partial charge in [0.2, 0.25) is 11.8 Å². The molecule has 0 aromatic heterocycles. The third-order valence-corrected chi connectivity index (χ3v) is 3.61. The number of amides is 2. The van der Waals surface area contributed by atoms with Gasteiger partial charge in [-0.25, -0.2) is 8.78 Å². The number of benzene rings is 2. The predicted octanol–water partition coefficient (Wildman–Crippen LogP) is 3.75. The van der Waals surface area contributed by atoms with E-state index in [1.807, 2.05) is 6.92 Å². The zero-order valence-corrected chi connectivity index (χ0v) is 14.6. The zero-order chi connectivity index (χ0) is 19.1. The second-order valence-electron chi connectivity index (χ2n) is 5.52. The molecule has 0 aliphatic heterocycles. The van der Waals surface area contributed by atoms with E-state index in [1.54, 1.807) is 24.3 Å². The highest BCUT2D eigenvalue weighted by molar-refractivity contribution is 5.94. The monoisotopic (exact) mass is 362 g/mol. The number of carbonyl (C=O) groups is 2. The minimum atomic E-state index is -0.853. The molecule has 0 radical (unpaired) electrons. The number of ether oxygens (including phenoxy) is 1. The fourth-order valence-electron chi connectivity index (χ4n) is 2.37. The highest BCUT2D eigenvalue weighted by atomic mass is 19.1. The highest BCUT2D eigenvalue weighted by Crippen LogP contribution is 2.20. The first-order chi connectivity index (χ1) is 12.4. The molecule has 2 aromatic rings. The van der Waals surface area contributed by atoms with Crippen LogP contribution in [0, 0.1) is 11.6 Å². The van der Waals surface area contributed by atoms with Crippen molar-refractivity contribution in [2.24, 2.45) is 0 Å². The van der Waals surface area contributed by atoms with Gasteiger partial charge in [0, 0.05) is 31.6 Å². The maximum Gasteiger partial charge on any atom is 0.226 e. The Labute approximate surface area is 150 Å². The Balaban J connectivity index is 1.99. The minimum absolute atomic E-state index is 0.0381. The third-order valence-electron chi connectivity index (χ3n) is 3.61. The lowest BCUT2D eigenvalue weighted by atomic mass is 10.2. The van der Waals surface area contributed by atoms with E-state index in [4.69, 9.17) is 4.74 Å². The van der Waals surface area contributed by atoms with E-state index in [-0.39, 0.29) is 24.6 Å². The molecule has 7 heteroatoms. The van der Waals surface area contributed by atoms with Crippen molar-refractivity contribution >= 4 is 23.2 Å². The molecule has 5 nitrogen and oxygen atoms in total. The number of nitrogens with one attached hydrogen (secondary N) is 1. The molecule has 26 heavy (non-hydrogen) atoms. The van der Waals surface area contributed by atoms with Gasteiger partial charge >= 0.3 is 0 Å². The van der Waals surface area contributed by atoms with Crippen LogP contribution in [0.2, 0.25) is 0 Å². The van der Waals surface area contributed by atoms with Crippen LogP contribution in [0.15, 0.2) is 42.5 Å². The molecule has 0 bridgehead atoms. The Morgan fingerprint density at radius 1 is 1.12 bits per heavy atom. The number of carbonyl (C=O) groups excluding carboxylic acids is 2. The Kier molecular flexibility index (Phi) is 6.66. The van der Waals surface area contributed by atoms with Crippen molar-refractivity contribution in [3.63, 3.8) is 0 Å². The van der Waals surface area contributed by atoms with Crippen LogP contribution < -0.4 is 15.0 Å². The second kappa shape index (κ2) is 8.94. The summed E-state index contributed by atoms with van der Waals surface area (Å²) in [6.07, 6.45) is -0.0381. The molecule has 1 N–H and O–H groups in total. The van der Waals surface area contributed by atoms with Crippen LogP contribution in [0.25, 0.3) is 0 Å². The standard InChI is InChI=1S/C19H20F2N2O3/c1-3-26-16-7-5-15(6-8-16)23(13(2)24)11-10-19(25)22-18-9-4-14(20)12-17(18)21/h4-9,12H,3,10-11H2,1-2H3,(H,22,25). The summed E-state index contributed by atoms with van der Waals surface area (Å²) in [6.45, 7) is 3.93. The second-order valence-corrected chi connectivity index (χ2v) is 5.52. The topological polar surface area (TPSA) is 58.6 Å². The minimum Gasteiger partial charge on any atom is -0.494 e. The van der Waals surface area contributed by atoms with Gasteiger partial charge in [-0.05, 0) is 43.3 Å². The maximum absolute atomic E-state index is 13.6. The molecule has 0 saturated carbocycles. The number of rotatable bonds is 7. The number of halogens is 2. The first-order valence-corrected chi connectivity index (χ1v) is 8.16. The van der Waals surface area contributed by atoms with Gasteiger partial charge in [-0.3, -0.25) is 9.59 Å². The van der Waals surface area contributed by atoms with Crippen LogP contribution in [0.4, 0.5) is 20.2 Å². The SMILES string of the molecule is CCOc1ccc(N(CCC(=O)Nc2ccc(F)cc2F)C(C)=O)cc1. The van der Waals surface area contributed by atoms with Gasteiger partial charge in [0.25, 0.3) is 0 Å². The van der Waals surface area contributed by atoms with Gasteiger partial charge in [-0.1, -0.05) is 0 Å². The Bertz CT molecular complexity index is 779. The average molecular weight is 362 g/mol. The van der Waals surface area contributed by atoms with Crippen molar-refractivity contribution in [3.05, 3.63) is 54.1 Å². The lowest BCUT2D eigenvalue weighted by molar-refractivity contribution is -0.117. The molecular formula is C19H20F2N2O3. The average Bonchev–Trinajstić information content (AvgIpc) is 2.59. The van der Waals surface area contributed by atoms with E-state index in [0.717, 1.165) is 12.1 Å². The largest absolute Gasteiger partial charge is 0.494 e. The molecule has 2 aromatic carbocycles. The summed E-state index contributed by atoms with van der Waals surface area (Å²) in [5.41, 5.74) is 0.522. The summed E-state index contributed by atoms with van der Waals surface area (Å²) >= 11 is 0. The van der Waals surface area contributed by atoms with E-state index in [0.29, 0.717) is 24.1 Å². The van der Waals surface area contributed by atoms with Gasteiger partial charge in [0.05, 0.1) is 12.3 Å². The summed E-state index contributed by atoms with van der Waals surface area (Å²) in [5.74, 6) is -1.60. The Morgan fingerprint density at radius 2 is 1.81 bits per heavy atom. The van der Waals surface area contributed by atoms with Crippen LogP contribution in [0.3, 0.4) is 0 Å². The smallest absolute Gasteiger partial charge is 0.226 e. The van der Waals surface area contributed by atoms with Crippen LogP contribution in [-0.4, -0.2) is 25.0 Å². The molecule has 0 aliphatic carbocycles. The van der Waals surface area contributed by atoms with E-state index >= 15 is 0 Å². The summed E-state index contributed by atoms with van der Waals surface area (Å²) in [6, 6.07) is 9.83.